The van der Waals surface area contributed by atoms with Gasteiger partial charge in [-0.1, -0.05) is 0 Å². The van der Waals surface area contributed by atoms with E-state index >= 15 is 0 Å². The first-order valence-corrected chi connectivity index (χ1v) is 3.44. The quantitative estimate of drug-likeness (QED) is 0.537. The van der Waals surface area contributed by atoms with Gasteiger partial charge in [-0.3, -0.25) is 0 Å². The third kappa shape index (κ3) is 0.803. The normalized spacial score (nSPS) is 38.4. The zero-order valence-corrected chi connectivity index (χ0v) is 5.54. The van der Waals surface area contributed by atoms with Crippen LogP contribution in [0.1, 0.15) is 6.42 Å². The van der Waals surface area contributed by atoms with E-state index < -0.39 is 0 Å². The lowest BCUT2D eigenvalue weighted by Gasteiger charge is -2.22. The first-order chi connectivity index (χ1) is 4.90. The maximum atomic E-state index is 9.83. The van der Waals surface area contributed by atoms with Gasteiger partial charge in [0.2, 0.25) is 0 Å². The second-order valence-electron chi connectivity index (χ2n) is 2.77. The van der Waals surface area contributed by atoms with Crippen molar-refractivity contribution in [3.05, 3.63) is 0 Å². The Balaban J connectivity index is 1.95. The van der Waals surface area contributed by atoms with Crippen LogP contribution in [0.4, 0.5) is 0 Å². The van der Waals surface area contributed by atoms with Crippen molar-refractivity contribution in [3.8, 4) is 0 Å². The first-order valence-electron chi connectivity index (χ1n) is 3.44. The zero-order chi connectivity index (χ0) is 6.97. The molecule has 0 spiro atoms. The third-order valence-electron chi connectivity index (χ3n) is 2.16. The van der Waals surface area contributed by atoms with Crippen LogP contribution in [-0.2, 0) is 9.63 Å². The van der Waals surface area contributed by atoms with Crippen molar-refractivity contribution in [3.63, 3.8) is 0 Å². The molecule has 55 valence electrons. The van der Waals surface area contributed by atoms with E-state index in [0.29, 0.717) is 12.1 Å². The molecule has 1 radical (unpaired) electrons. The number of nitrogens with zero attached hydrogens (tertiary/aromatic N) is 1. The summed E-state index contributed by atoms with van der Waals surface area (Å²) in [4.78, 5) is 14.5. The summed E-state index contributed by atoms with van der Waals surface area (Å²) in [6.45, 7) is 3.20. The zero-order valence-electron chi connectivity index (χ0n) is 5.54. The molecule has 0 aliphatic carbocycles. The Hall–Kier alpha value is -0.610. The predicted octanol–water partition coefficient (Wildman–Crippen LogP) is -0.969. The minimum absolute atomic E-state index is 0.395. The van der Waals surface area contributed by atoms with Gasteiger partial charge in [0, 0.05) is 12.6 Å². The summed E-state index contributed by atoms with van der Waals surface area (Å²) in [7, 11) is 0. The standard InChI is InChI=1S/C6H9N2O2/c9-4-10-8-3-5-1-6(8)2-7-5/h5-7H,1-3H2/t5-,6-/m0/s1. The number of carbonyl (C=O) groups excluding carboxylic acids is 1. The Morgan fingerprint density at radius 3 is 3.10 bits per heavy atom. The molecular weight excluding hydrogens is 132 g/mol. The fourth-order valence-electron chi connectivity index (χ4n) is 1.68. The maximum Gasteiger partial charge on any atom is 0.438 e. The highest BCUT2D eigenvalue weighted by molar-refractivity contribution is 5.37. The molecule has 2 saturated heterocycles. The van der Waals surface area contributed by atoms with Crippen LogP contribution < -0.4 is 5.32 Å². The van der Waals surface area contributed by atoms with Gasteiger partial charge in [-0.25, -0.2) is 4.79 Å². The molecule has 0 aromatic rings. The lowest BCUT2D eigenvalue weighted by atomic mass is 10.2. The SMILES string of the molecule is O=[C]ON1C[C@@H]2C[C@H]1CN2. The van der Waals surface area contributed by atoms with E-state index in [1.807, 2.05) is 0 Å². The molecule has 2 bridgehead atoms. The number of piperazine rings is 1. The summed E-state index contributed by atoms with van der Waals surface area (Å²) < 4.78 is 0. The Morgan fingerprint density at radius 2 is 2.60 bits per heavy atom. The molecular formula is C6H9N2O2. The molecule has 2 rings (SSSR count). The monoisotopic (exact) mass is 141 g/mol. The summed E-state index contributed by atoms with van der Waals surface area (Å²) in [6.07, 6.45) is 1.10. The molecule has 1 N–H and O–H groups in total. The molecule has 2 fully saturated rings. The van der Waals surface area contributed by atoms with Gasteiger partial charge in [0.05, 0.1) is 12.6 Å². The summed E-state index contributed by atoms with van der Waals surface area (Å²) in [5, 5.41) is 5.00. The van der Waals surface area contributed by atoms with Crippen molar-refractivity contribution in [2.75, 3.05) is 13.1 Å². The molecule has 2 heterocycles. The summed E-state index contributed by atoms with van der Waals surface area (Å²) in [5.41, 5.74) is 0. The molecule has 0 aromatic carbocycles. The predicted molar refractivity (Wildman–Crippen MR) is 33.7 cm³/mol. The van der Waals surface area contributed by atoms with Gasteiger partial charge in [0.1, 0.15) is 0 Å². The molecule has 2 aliphatic rings. The van der Waals surface area contributed by atoms with Crippen LogP contribution in [0.5, 0.6) is 0 Å². The van der Waals surface area contributed by atoms with E-state index in [1.165, 1.54) is 6.47 Å². The summed E-state index contributed by atoms with van der Waals surface area (Å²) in [6, 6.07) is 0.921. The second kappa shape index (κ2) is 2.21. The fraction of sp³-hybridized carbons (Fsp3) is 0.833. The van der Waals surface area contributed by atoms with Crippen LogP contribution in [0, 0.1) is 0 Å². The highest BCUT2D eigenvalue weighted by Crippen LogP contribution is 2.22. The van der Waals surface area contributed by atoms with Crippen molar-refractivity contribution < 1.29 is 9.63 Å². The van der Waals surface area contributed by atoms with E-state index in [1.54, 1.807) is 5.06 Å². The van der Waals surface area contributed by atoms with Gasteiger partial charge >= 0.3 is 6.47 Å². The van der Waals surface area contributed by atoms with E-state index in [0.717, 1.165) is 19.5 Å². The average Bonchev–Trinajstić information content (AvgIpc) is 2.48. The Kier molecular flexibility index (Phi) is 1.35. The highest BCUT2D eigenvalue weighted by Gasteiger charge is 2.39. The molecule has 0 amide bonds. The summed E-state index contributed by atoms with van der Waals surface area (Å²) >= 11 is 0. The van der Waals surface area contributed by atoms with Gasteiger partial charge in [-0.2, -0.15) is 0 Å². The van der Waals surface area contributed by atoms with Crippen LogP contribution in [0.25, 0.3) is 0 Å². The van der Waals surface area contributed by atoms with Gasteiger partial charge < -0.3 is 10.2 Å². The third-order valence-corrected chi connectivity index (χ3v) is 2.16. The molecule has 0 aromatic heterocycles. The van der Waals surface area contributed by atoms with Crippen LogP contribution in [-0.4, -0.2) is 36.7 Å². The number of nitrogens with one attached hydrogen (secondary N) is 1. The number of fused-ring (bicyclic) bond motifs is 2. The second-order valence-corrected chi connectivity index (χ2v) is 2.77. The van der Waals surface area contributed by atoms with Crippen molar-refractivity contribution >= 4 is 6.47 Å². The van der Waals surface area contributed by atoms with Crippen LogP contribution in [0.15, 0.2) is 0 Å². The maximum absolute atomic E-state index is 9.83. The van der Waals surface area contributed by atoms with Crippen molar-refractivity contribution in [2.45, 2.75) is 18.5 Å². The summed E-state index contributed by atoms with van der Waals surface area (Å²) in [5.74, 6) is 0. The van der Waals surface area contributed by atoms with Gasteiger partial charge in [-0.05, 0) is 6.42 Å². The highest BCUT2D eigenvalue weighted by atomic mass is 16.7. The minimum Gasteiger partial charge on any atom is -0.359 e. The van der Waals surface area contributed by atoms with E-state index in [-0.39, 0.29) is 0 Å². The van der Waals surface area contributed by atoms with Crippen LogP contribution >= 0.6 is 0 Å². The van der Waals surface area contributed by atoms with Crippen molar-refractivity contribution in [1.82, 2.24) is 10.4 Å². The lowest BCUT2D eigenvalue weighted by molar-refractivity contribution is -0.0932. The fourth-order valence-corrected chi connectivity index (χ4v) is 1.68. The topological polar surface area (TPSA) is 41.6 Å². The minimum atomic E-state index is 0.395. The first kappa shape index (κ1) is 6.12. The molecule has 10 heavy (non-hydrogen) atoms. The number of hydrogen-bond donors (Lipinski definition) is 1. The van der Waals surface area contributed by atoms with E-state index in [2.05, 4.69) is 10.2 Å². The largest absolute Gasteiger partial charge is 0.438 e. The van der Waals surface area contributed by atoms with Gasteiger partial charge in [0.25, 0.3) is 0 Å². The Labute approximate surface area is 59.1 Å². The van der Waals surface area contributed by atoms with Gasteiger partial charge in [-0.15, -0.1) is 5.06 Å². The molecule has 0 unspecified atom stereocenters. The van der Waals surface area contributed by atoms with Crippen LogP contribution in [0.2, 0.25) is 0 Å². The smallest absolute Gasteiger partial charge is 0.359 e. The molecule has 2 aliphatic heterocycles. The number of hydrogen-bond acceptors (Lipinski definition) is 4. The Morgan fingerprint density at radius 1 is 1.70 bits per heavy atom. The molecule has 4 nitrogen and oxygen atoms in total. The van der Waals surface area contributed by atoms with Crippen molar-refractivity contribution in [2.24, 2.45) is 0 Å². The molecule has 2 atom stereocenters. The van der Waals surface area contributed by atoms with Gasteiger partial charge in [0.15, 0.2) is 0 Å². The Bertz CT molecular complexity index is 151. The molecule has 0 saturated carbocycles. The van der Waals surface area contributed by atoms with Crippen molar-refractivity contribution in [1.29, 1.82) is 0 Å². The molecule has 4 heteroatoms. The lowest BCUT2D eigenvalue weighted by Crippen LogP contribution is -2.43. The van der Waals surface area contributed by atoms with E-state index in [4.69, 9.17) is 0 Å². The average molecular weight is 141 g/mol. The number of hydroxylamine groups is 2. The number of rotatable bonds is 2. The van der Waals surface area contributed by atoms with Crippen LogP contribution in [0.3, 0.4) is 0 Å². The van der Waals surface area contributed by atoms with E-state index in [9.17, 15) is 4.79 Å².